The fourth-order valence-corrected chi connectivity index (χ4v) is 2.68. The van der Waals surface area contributed by atoms with Crippen molar-refractivity contribution < 1.29 is 14.3 Å². The van der Waals surface area contributed by atoms with Crippen molar-refractivity contribution in [3.63, 3.8) is 0 Å². The smallest absolute Gasteiger partial charge is 0.320 e. The van der Waals surface area contributed by atoms with E-state index in [4.69, 9.17) is 9.47 Å². The van der Waals surface area contributed by atoms with Gasteiger partial charge in [0.15, 0.2) is 6.29 Å². The summed E-state index contributed by atoms with van der Waals surface area (Å²) in [6.45, 7) is 4.65. The zero-order chi connectivity index (χ0) is 18.4. The molecule has 2 aromatic carbocycles. The first-order chi connectivity index (χ1) is 12.7. The molecule has 26 heavy (non-hydrogen) atoms. The average Bonchev–Trinajstić information content (AvgIpc) is 2.68. The van der Waals surface area contributed by atoms with Gasteiger partial charge in [0.25, 0.3) is 0 Å². The van der Waals surface area contributed by atoms with Crippen molar-refractivity contribution in [3.8, 4) is 23.0 Å². The number of hydrogen-bond donors (Lipinski definition) is 0. The molecule has 5 nitrogen and oxygen atoms in total. The first kappa shape index (κ1) is 17.6. The molecule has 0 saturated carbocycles. The van der Waals surface area contributed by atoms with E-state index in [-0.39, 0.29) is 11.9 Å². The van der Waals surface area contributed by atoms with Crippen LogP contribution in [0.5, 0.6) is 11.9 Å². The highest BCUT2D eigenvalue weighted by Crippen LogP contribution is 2.26. The Kier molecular flexibility index (Phi) is 5.59. The molecule has 5 heteroatoms. The van der Waals surface area contributed by atoms with Gasteiger partial charge in [-0.3, -0.25) is 4.79 Å². The molecule has 3 rings (SSSR count). The van der Waals surface area contributed by atoms with Gasteiger partial charge in [-0.25, -0.2) is 4.98 Å². The first-order valence-electron chi connectivity index (χ1n) is 8.44. The van der Waals surface area contributed by atoms with Crippen molar-refractivity contribution in [2.24, 2.45) is 0 Å². The van der Waals surface area contributed by atoms with Crippen LogP contribution in [0, 0.1) is 6.92 Å². The molecule has 0 unspecified atom stereocenters. The lowest BCUT2D eigenvalue weighted by Crippen LogP contribution is -2.05. The summed E-state index contributed by atoms with van der Waals surface area (Å²) in [5.41, 5.74) is 4.83. The van der Waals surface area contributed by atoms with Crippen LogP contribution in [-0.4, -0.2) is 22.9 Å². The topological polar surface area (TPSA) is 61.3 Å². The first-order valence-corrected chi connectivity index (χ1v) is 8.44. The van der Waals surface area contributed by atoms with Crippen molar-refractivity contribution in [2.45, 2.75) is 20.5 Å². The molecule has 0 aliphatic heterocycles. The van der Waals surface area contributed by atoms with Gasteiger partial charge in [0.1, 0.15) is 6.61 Å². The number of nitrogens with zero attached hydrogens (tertiary/aromatic N) is 2. The van der Waals surface area contributed by atoms with Gasteiger partial charge >= 0.3 is 6.01 Å². The van der Waals surface area contributed by atoms with E-state index in [9.17, 15) is 4.79 Å². The van der Waals surface area contributed by atoms with E-state index in [1.165, 1.54) is 11.8 Å². The van der Waals surface area contributed by atoms with Gasteiger partial charge in [0.05, 0.1) is 12.2 Å². The van der Waals surface area contributed by atoms with Crippen LogP contribution in [0.4, 0.5) is 0 Å². The summed E-state index contributed by atoms with van der Waals surface area (Å²) in [5, 5.41) is 0. The summed E-state index contributed by atoms with van der Waals surface area (Å²) in [4.78, 5) is 19.3. The van der Waals surface area contributed by atoms with Crippen LogP contribution in [0.15, 0.2) is 54.7 Å². The molecule has 3 aromatic rings. The number of ether oxygens (including phenoxy) is 2. The predicted molar refractivity (Wildman–Crippen MR) is 99.5 cm³/mol. The lowest BCUT2D eigenvalue weighted by Gasteiger charge is -2.12. The minimum Gasteiger partial charge on any atom is -0.477 e. The van der Waals surface area contributed by atoms with Crippen molar-refractivity contribution in [3.05, 3.63) is 71.4 Å². The van der Waals surface area contributed by atoms with Gasteiger partial charge in [-0.2, -0.15) is 4.98 Å². The Hall–Kier alpha value is -3.21. The number of aldehydes is 1. The van der Waals surface area contributed by atoms with E-state index >= 15 is 0 Å². The molecule has 0 spiro atoms. The molecular formula is C21H20N2O3. The van der Waals surface area contributed by atoms with Crippen LogP contribution >= 0.6 is 0 Å². The second-order valence-corrected chi connectivity index (χ2v) is 5.71. The van der Waals surface area contributed by atoms with Gasteiger partial charge < -0.3 is 9.47 Å². The Morgan fingerprint density at radius 2 is 1.85 bits per heavy atom. The van der Waals surface area contributed by atoms with Crippen LogP contribution in [0.3, 0.4) is 0 Å². The molecule has 0 bridgehead atoms. The summed E-state index contributed by atoms with van der Waals surface area (Å²) in [6, 6.07) is 16.5. The van der Waals surface area contributed by atoms with Crippen molar-refractivity contribution in [2.75, 3.05) is 6.61 Å². The zero-order valence-electron chi connectivity index (χ0n) is 14.8. The fraction of sp³-hybridized carbons (Fsp3) is 0.190. The van der Waals surface area contributed by atoms with Crippen LogP contribution in [0.1, 0.15) is 28.4 Å². The fourth-order valence-electron chi connectivity index (χ4n) is 2.68. The van der Waals surface area contributed by atoms with Crippen LogP contribution < -0.4 is 9.47 Å². The van der Waals surface area contributed by atoms with Crippen molar-refractivity contribution in [1.29, 1.82) is 0 Å². The Morgan fingerprint density at radius 1 is 1.04 bits per heavy atom. The molecule has 0 atom stereocenters. The number of benzene rings is 2. The van der Waals surface area contributed by atoms with Gasteiger partial charge in [-0.15, -0.1) is 0 Å². The molecule has 1 heterocycles. The predicted octanol–water partition coefficient (Wildman–Crippen LogP) is 4.24. The maximum Gasteiger partial charge on any atom is 0.320 e. The number of rotatable bonds is 7. The van der Waals surface area contributed by atoms with Crippen LogP contribution in [0.25, 0.3) is 11.1 Å². The summed E-state index contributed by atoms with van der Waals surface area (Å²) in [7, 11) is 0. The third kappa shape index (κ3) is 3.88. The van der Waals surface area contributed by atoms with E-state index in [1.807, 2.05) is 37.3 Å². The third-order valence-electron chi connectivity index (χ3n) is 4.05. The highest BCUT2D eigenvalue weighted by Gasteiger charge is 2.10. The van der Waals surface area contributed by atoms with Crippen LogP contribution in [-0.2, 0) is 6.61 Å². The van der Waals surface area contributed by atoms with Crippen molar-refractivity contribution in [1.82, 2.24) is 9.97 Å². The molecule has 0 aliphatic carbocycles. The Balaban J connectivity index is 1.80. The molecular weight excluding hydrogens is 328 g/mol. The van der Waals surface area contributed by atoms with E-state index in [2.05, 4.69) is 35.1 Å². The lowest BCUT2D eigenvalue weighted by atomic mass is 9.97. The summed E-state index contributed by atoms with van der Waals surface area (Å²) >= 11 is 0. The lowest BCUT2D eigenvalue weighted by molar-refractivity contribution is 0.111. The average molecular weight is 348 g/mol. The number of aromatic nitrogens is 2. The Labute approximate surface area is 152 Å². The molecule has 0 fully saturated rings. The zero-order valence-corrected chi connectivity index (χ0v) is 14.8. The standard InChI is InChI=1S/C21H20N2O3/c1-3-25-20-18(13-24)12-22-21(23-20)26-14-17-10-7-11-19(15(17)2)16-8-5-4-6-9-16/h4-13H,3,14H2,1-2H3. The quantitative estimate of drug-likeness (QED) is 0.598. The monoisotopic (exact) mass is 348 g/mol. The highest BCUT2D eigenvalue weighted by atomic mass is 16.5. The third-order valence-corrected chi connectivity index (χ3v) is 4.05. The Morgan fingerprint density at radius 3 is 2.58 bits per heavy atom. The maximum atomic E-state index is 11.0. The molecule has 0 saturated heterocycles. The largest absolute Gasteiger partial charge is 0.477 e. The minimum absolute atomic E-state index is 0.184. The van der Waals surface area contributed by atoms with Gasteiger partial charge in [0.2, 0.25) is 5.88 Å². The van der Waals surface area contributed by atoms with E-state index in [0.717, 1.165) is 16.7 Å². The SMILES string of the molecule is CCOc1nc(OCc2cccc(-c3ccccc3)c2C)ncc1C=O. The molecule has 0 N–H and O–H groups in total. The van der Waals surface area contributed by atoms with Crippen LogP contribution in [0.2, 0.25) is 0 Å². The Bertz CT molecular complexity index is 895. The maximum absolute atomic E-state index is 11.0. The molecule has 132 valence electrons. The normalized spacial score (nSPS) is 10.4. The number of carbonyl (C=O) groups excluding carboxylic acids is 1. The van der Waals surface area contributed by atoms with Gasteiger partial charge in [0, 0.05) is 6.20 Å². The molecule has 0 aliphatic rings. The molecule has 0 amide bonds. The highest BCUT2D eigenvalue weighted by molar-refractivity contribution is 5.77. The summed E-state index contributed by atoms with van der Waals surface area (Å²) in [6.07, 6.45) is 2.08. The summed E-state index contributed by atoms with van der Waals surface area (Å²) in [5.74, 6) is 0.238. The van der Waals surface area contributed by atoms with E-state index in [0.29, 0.717) is 25.1 Å². The second-order valence-electron chi connectivity index (χ2n) is 5.71. The molecule has 1 aromatic heterocycles. The van der Waals surface area contributed by atoms with E-state index in [1.54, 1.807) is 0 Å². The number of hydrogen-bond acceptors (Lipinski definition) is 5. The number of carbonyl (C=O) groups is 1. The second kappa shape index (κ2) is 8.25. The van der Waals surface area contributed by atoms with E-state index < -0.39 is 0 Å². The van der Waals surface area contributed by atoms with Crippen molar-refractivity contribution >= 4 is 6.29 Å². The van der Waals surface area contributed by atoms with Gasteiger partial charge in [-0.1, -0.05) is 48.5 Å². The minimum atomic E-state index is 0.184. The molecule has 0 radical (unpaired) electrons. The summed E-state index contributed by atoms with van der Waals surface area (Å²) < 4.78 is 11.1. The van der Waals surface area contributed by atoms with Gasteiger partial charge in [-0.05, 0) is 36.1 Å².